The molecule has 1 N–H and O–H groups in total. The lowest BCUT2D eigenvalue weighted by atomic mass is 10.3. The predicted molar refractivity (Wildman–Crippen MR) is 125 cm³/mol. The van der Waals surface area contributed by atoms with Crippen molar-refractivity contribution in [1.82, 2.24) is 9.97 Å². The van der Waals surface area contributed by atoms with E-state index in [-0.39, 0.29) is 0 Å². The van der Waals surface area contributed by atoms with E-state index in [0.29, 0.717) is 11.0 Å². The third kappa shape index (κ3) is 6.43. The van der Waals surface area contributed by atoms with Gasteiger partial charge >= 0.3 is 6.18 Å². The molecule has 1 aromatic heterocycles. The number of aromatic nitrogens is 2. The molecule has 0 saturated heterocycles. The van der Waals surface area contributed by atoms with Crippen molar-refractivity contribution in [2.24, 2.45) is 0 Å². The van der Waals surface area contributed by atoms with Crippen molar-refractivity contribution in [1.29, 1.82) is 0 Å². The molecule has 164 valence electrons. The Balaban J connectivity index is 2.81. The molecule has 2 rings (SSSR count). The number of rotatable bonds is 12. The van der Waals surface area contributed by atoms with Crippen molar-refractivity contribution in [3.8, 4) is 0 Å². The zero-order valence-corrected chi connectivity index (χ0v) is 20.6. The second-order valence-corrected chi connectivity index (χ2v) is 10.9. The van der Waals surface area contributed by atoms with Crippen LogP contribution in [-0.4, -0.2) is 33.0 Å². The molecular weight excluding hydrogens is 453 g/mol. The van der Waals surface area contributed by atoms with E-state index in [2.05, 4.69) is 37.7 Å². The van der Waals surface area contributed by atoms with Crippen LogP contribution in [0.5, 0.6) is 0 Å². The summed E-state index contributed by atoms with van der Waals surface area (Å²) in [6.45, 7) is 8.45. The third-order valence-corrected chi connectivity index (χ3v) is 9.45. The highest BCUT2D eigenvalue weighted by Crippen LogP contribution is 2.49. The molecule has 0 spiro atoms. The van der Waals surface area contributed by atoms with Crippen LogP contribution in [0.3, 0.4) is 0 Å². The highest BCUT2D eigenvalue weighted by Gasteiger charge is 2.36. The second kappa shape index (κ2) is 12.1. The first-order valence-electron chi connectivity index (χ1n) is 10.1. The van der Waals surface area contributed by atoms with Gasteiger partial charge in [-0.1, -0.05) is 27.7 Å². The van der Waals surface area contributed by atoms with Gasteiger partial charge in [-0.25, -0.2) is 4.98 Å². The fraction of sp³-hybridized carbons (Fsp3) is 0.650. The average Bonchev–Trinajstić information content (AvgIpc) is 3.13. The van der Waals surface area contributed by atoms with Crippen molar-refractivity contribution in [3.05, 3.63) is 5.82 Å². The Morgan fingerprint density at radius 3 is 1.55 bits per heavy atom. The maximum Gasteiger partial charge on any atom is 0.449 e. The number of thioether (sulfide) groups is 4. The van der Waals surface area contributed by atoms with Crippen LogP contribution < -0.4 is 0 Å². The molecule has 0 amide bonds. The van der Waals surface area contributed by atoms with E-state index in [9.17, 15) is 13.2 Å². The van der Waals surface area contributed by atoms with Crippen LogP contribution in [0.1, 0.15) is 59.2 Å². The number of alkyl halides is 3. The molecule has 0 radical (unpaired) electrons. The van der Waals surface area contributed by atoms with Crippen LogP contribution in [0.2, 0.25) is 0 Å². The Labute approximate surface area is 188 Å². The average molecular weight is 483 g/mol. The molecule has 0 bridgehead atoms. The van der Waals surface area contributed by atoms with Crippen LogP contribution >= 0.6 is 47.0 Å². The summed E-state index contributed by atoms with van der Waals surface area (Å²) >= 11 is 6.82. The molecule has 2 aromatic rings. The first kappa shape index (κ1) is 25.1. The molecular formula is C20H29F3N2S4. The summed E-state index contributed by atoms with van der Waals surface area (Å²) in [7, 11) is 0. The van der Waals surface area contributed by atoms with E-state index in [1.165, 1.54) is 0 Å². The molecule has 1 aromatic carbocycles. The van der Waals surface area contributed by atoms with Crippen LogP contribution in [-0.2, 0) is 6.18 Å². The van der Waals surface area contributed by atoms with E-state index in [4.69, 9.17) is 0 Å². The summed E-state index contributed by atoms with van der Waals surface area (Å²) < 4.78 is 40.4. The van der Waals surface area contributed by atoms with Crippen molar-refractivity contribution >= 4 is 58.1 Å². The van der Waals surface area contributed by atoms with Crippen LogP contribution in [0.25, 0.3) is 11.0 Å². The molecule has 2 nitrogen and oxygen atoms in total. The normalized spacial score (nSPS) is 12.2. The van der Waals surface area contributed by atoms with Crippen molar-refractivity contribution in [2.45, 2.75) is 79.1 Å². The Morgan fingerprint density at radius 2 is 1.10 bits per heavy atom. The van der Waals surface area contributed by atoms with Gasteiger partial charge in [-0.2, -0.15) is 13.2 Å². The molecule has 0 atom stereocenters. The topological polar surface area (TPSA) is 28.7 Å². The van der Waals surface area contributed by atoms with E-state index in [1.807, 2.05) is 0 Å². The summed E-state index contributed by atoms with van der Waals surface area (Å²) in [5.41, 5.74) is 1.03. The number of halogens is 3. The third-order valence-electron chi connectivity index (χ3n) is 3.84. The molecule has 0 unspecified atom stereocenters. The second-order valence-electron chi connectivity index (χ2n) is 6.52. The number of aromatic amines is 1. The van der Waals surface area contributed by atoms with Gasteiger partial charge in [0.1, 0.15) is 5.52 Å². The minimum Gasteiger partial charge on any atom is -0.333 e. The fourth-order valence-electron chi connectivity index (χ4n) is 2.61. The van der Waals surface area contributed by atoms with Crippen molar-refractivity contribution in [3.63, 3.8) is 0 Å². The monoisotopic (exact) mass is 482 g/mol. The summed E-state index contributed by atoms with van der Waals surface area (Å²) in [6.07, 6.45) is -0.513. The number of H-pyrrole nitrogens is 1. The van der Waals surface area contributed by atoms with Gasteiger partial charge in [-0.05, 0) is 48.7 Å². The van der Waals surface area contributed by atoms with Crippen molar-refractivity contribution < 1.29 is 13.2 Å². The smallest absolute Gasteiger partial charge is 0.333 e. The van der Waals surface area contributed by atoms with E-state index in [0.717, 1.165) is 68.3 Å². The number of nitrogens with one attached hydrogen (secondary N) is 1. The molecule has 0 fully saturated rings. The highest BCUT2D eigenvalue weighted by atomic mass is 32.2. The van der Waals surface area contributed by atoms with Gasteiger partial charge < -0.3 is 4.98 Å². The maximum absolute atomic E-state index is 13.5. The van der Waals surface area contributed by atoms with E-state index >= 15 is 0 Å². The Bertz CT molecular complexity index is 733. The number of fused-ring (bicyclic) bond motifs is 1. The Hall–Kier alpha value is -0.120. The zero-order valence-electron chi connectivity index (χ0n) is 17.4. The summed E-state index contributed by atoms with van der Waals surface area (Å²) in [4.78, 5) is 10.8. The van der Waals surface area contributed by atoms with Gasteiger partial charge in [0.15, 0.2) is 0 Å². The van der Waals surface area contributed by atoms with Gasteiger partial charge in [0, 0.05) is 14.7 Å². The molecule has 29 heavy (non-hydrogen) atoms. The zero-order chi connectivity index (χ0) is 21.4. The number of nitrogens with zero attached hydrogens (tertiary/aromatic N) is 1. The molecule has 1 heterocycles. The van der Waals surface area contributed by atoms with E-state index < -0.39 is 12.0 Å². The van der Waals surface area contributed by atoms with Crippen LogP contribution in [0.4, 0.5) is 13.2 Å². The lowest BCUT2D eigenvalue weighted by Crippen LogP contribution is -2.06. The van der Waals surface area contributed by atoms with Gasteiger partial charge in [0.2, 0.25) is 5.82 Å². The molecule has 0 aliphatic heterocycles. The number of hydrogen-bond donors (Lipinski definition) is 1. The van der Waals surface area contributed by atoms with Crippen LogP contribution in [0, 0.1) is 0 Å². The number of hydrogen-bond acceptors (Lipinski definition) is 5. The van der Waals surface area contributed by atoms with Crippen LogP contribution in [0.15, 0.2) is 19.6 Å². The largest absolute Gasteiger partial charge is 0.449 e. The summed E-state index contributed by atoms with van der Waals surface area (Å²) in [5.74, 6) is 2.73. The first-order chi connectivity index (χ1) is 13.9. The minimum atomic E-state index is -4.48. The minimum absolute atomic E-state index is 0.480. The summed E-state index contributed by atoms with van der Waals surface area (Å²) in [6, 6.07) is 0. The Morgan fingerprint density at radius 1 is 0.690 bits per heavy atom. The van der Waals surface area contributed by atoms with Crippen molar-refractivity contribution in [2.75, 3.05) is 23.0 Å². The SMILES string of the molecule is CCCSc1c(SCCC)c(SCCC)c2[nH]c(C(F)(F)F)nc2c1SCCC. The maximum atomic E-state index is 13.5. The molecule has 9 heteroatoms. The quantitative estimate of drug-likeness (QED) is 0.306. The van der Waals surface area contributed by atoms with Gasteiger partial charge in [0.05, 0.1) is 10.4 Å². The van der Waals surface area contributed by atoms with Gasteiger partial charge in [-0.3, -0.25) is 0 Å². The van der Waals surface area contributed by atoms with Gasteiger partial charge in [0.25, 0.3) is 0 Å². The number of benzene rings is 1. The molecule has 0 aliphatic carbocycles. The lowest BCUT2D eigenvalue weighted by molar-refractivity contribution is -0.144. The fourth-order valence-corrected chi connectivity index (χ4v) is 7.41. The first-order valence-corrected chi connectivity index (χ1v) is 14.0. The molecule has 0 saturated carbocycles. The summed E-state index contributed by atoms with van der Waals surface area (Å²) in [5, 5.41) is 0. The lowest BCUT2D eigenvalue weighted by Gasteiger charge is -2.19. The number of imidazole rings is 1. The van der Waals surface area contributed by atoms with E-state index in [1.54, 1.807) is 47.0 Å². The predicted octanol–water partition coefficient (Wildman–Crippen LogP) is 8.59. The standard InChI is InChI=1S/C20H29F3N2S4/c1-5-9-26-15-13-14(25-19(24-13)20(21,22)23)16(27-10-6-2)18(29-12-8-4)17(15)28-11-7-3/h5-12H2,1-4H3,(H,24,25). The van der Waals surface area contributed by atoms with Gasteiger partial charge in [-0.15, -0.1) is 47.0 Å². The Kier molecular flexibility index (Phi) is 10.5. The highest BCUT2D eigenvalue weighted by molar-refractivity contribution is 8.05. The molecule has 0 aliphatic rings.